The molecule has 2 aromatic rings. The van der Waals surface area contributed by atoms with Crippen LogP contribution >= 0.6 is 15.9 Å². The molecule has 0 radical (unpaired) electrons. The maximum Gasteiger partial charge on any atom is 0.248 e. The molecule has 0 aliphatic carbocycles. The van der Waals surface area contributed by atoms with Gasteiger partial charge in [-0.3, -0.25) is 4.79 Å². The van der Waals surface area contributed by atoms with E-state index in [2.05, 4.69) is 32.5 Å². The van der Waals surface area contributed by atoms with Gasteiger partial charge in [0.05, 0.1) is 5.75 Å². The van der Waals surface area contributed by atoms with Gasteiger partial charge in [0.25, 0.3) is 0 Å². The fourth-order valence-corrected chi connectivity index (χ4v) is 3.62. The van der Waals surface area contributed by atoms with Crippen molar-refractivity contribution in [3.63, 3.8) is 0 Å². The third-order valence-electron chi connectivity index (χ3n) is 3.35. The van der Waals surface area contributed by atoms with E-state index in [1.165, 1.54) is 12.2 Å². The molecular formula is C19H19BrN2O3S. The van der Waals surface area contributed by atoms with E-state index in [4.69, 9.17) is 0 Å². The van der Waals surface area contributed by atoms with Gasteiger partial charge in [0, 0.05) is 22.8 Å². The highest BCUT2D eigenvalue weighted by atomic mass is 79.9. The van der Waals surface area contributed by atoms with Crippen LogP contribution in [0.25, 0.3) is 6.08 Å². The normalized spacial score (nSPS) is 11.4. The van der Waals surface area contributed by atoms with Crippen LogP contribution in [-0.2, 0) is 20.6 Å². The zero-order chi connectivity index (χ0) is 19.0. The Bertz CT molecular complexity index is 907. The van der Waals surface area contributed by atoms with Gasteiger partial charge in [0.15, 0.2) is 0 Å². The average Bonchev–Trinajstić information content (AvgIpc) is 2.61. The Morgan fingerprint density at radius 1 is 1.12 bits per heavy atom. The van der Waals surface area contributed by atoms with Crippen molar-refractivity contribution >= 4 is 43.6 Å². The highest BCUT2D eigenvalue weighted by molar-refractivity contribution is 9.10. The van der Waals surface area contributed by atoms with Crippen molar-refractivity contribution < 1.29 is 13.2 Å². The van der Waals surface area contributed by atoms with Gasteiger partial charge in [-0.15, -0.1) is 6.58 Å². The Balaban J connectivity index is 1.95. The minimum atomic E-state index is -3.40. The number of benzene rings is 2. The molecule has 2 aromatic carbocycles. The molecule has 0 unspecified atom stereocenters. The Morgan fingerprint density at radius 3 is 2.46 bits per heavy atom. The summed E-state index contributed by atoms with van der Waals surface area (Å²) in [7, 11) is -3.40. The molecule has 0 heterocycles. The van der Waals surface area contributed by atoms with Crippen LogP contribution in [0.4, 0.5) is 5.69 Å². The minimum absolute atomic E-state index is 0.128. The number of amides is 1. The Hall–Kier alpha value is -2.22. The second kappa shape index (κ2) is 9.47. The lowest BCUT2D eigenvalue weighted by Crippen LogP contribution is -2.25. The van der Waals surface area contributed by atoms with Gasteiger partial charge in [0.1, 0.15) is 0 Å². The molecule has 0 aromatic heterocycles. The molecule has 1 amide bonds. The first-order valence-corrected chi connectivity index (χ1v) is 10.2. The highest BCUT2D eigenvalue weighted by Gasteiger charge is 2.10. The molecular weight excluding hydrogens is 416 g/mol. The lowest BCUT2D eigenvalue weighted by molar-refractivity contribution is -0.111. The molecule has 0 saturated heterocycles. The molecule has 7 heteroatoms. The number of rotatable bonds is 8. The van der Waals surface area contributed by atoms with Crippen LogP contribution in [0, 0.1) is 0 Å². The summed E-state index contributed by atoms with van der Waals surface area (Å²) in [6, 6.07) is 14.2. The second-order valence-corrected chi connectivity index (χ2v) is 8.10. The van der Waals surface area contributed by atoms with Crippen molar-refractivity contribution in [3.05, 3.63) is 82.9 Å². The summed E-state index contributed by atoms with van der Waals surface area (Å²) in [5, 5.41) is 2.74. The monoisotopic (exact) mass is 434 g/mol. The lowest BCUT2D eigenvalue weighted by Gasteiger charge is -2.06. The summed E-state index contributed by atoms with van der Waals surface area (Å²) in [5.41, 5.74) is 2.12. The van der Waals surface area contributed by atoms with Gasteiger partial charge < -0.3 is 5.32 Å². The van der Waals surface area contributed by atoms with E-state index in [1.54, 1.807) is 30.3 Å². The zero-order valence-electron chi connectivity index (χ0n) is 14.0. The Labute approximate surface area is 162 Å². The van der Waals surface area contributed by atoms with E-state index >= 15 is 0 Å². The first kappa shape index (κ1) is 20.1. The molecule has 2 N–H and O–H groups in total. The fourth-order valence-electron chi connectivity index (χ4n) is 2.10. The number of carbonyl (C=O) groups excluding carboxylic acids is 1. The van der Waals surface area contributed by atoms with Crippen molar-refractivity contribution in [2.45, 2.75) is 5.75 Å². The van der Waals surface area contributed by atoms with Crippen LogP contribution in [0.1, 0.15) is 11.1 Å². The number of hydrogen-bond donors (Lipinski definition) is 2. The molecule has 0 aliphatic rings. The summed E-state index contributed by atoms with van der Waals surface area (Å²) in [5.74, 6) is -0.398. The topological polar surface area (TPSA) is 75.3 Å². The number of nitrogens with one attached hydrogen (secondary N) is 2. The molecule has 136 valence electrons. The number of carbonyl (C=O) groups is 1. The van der Waals surface area contributed by atoms with Gasteiger partial charge in [-0.05, 0) is 35.4 Å². The number of hydrogen-bond acceptors (Lipinski definition) is 3. The van der Waals surface area contributed by atoms with E-state index in [-0.39, 0.29) is 18.2 Å². The zero-order valence-corrected chi connectivity index (χ0v) is 16.4. The van der Waals surface area contributed by atoms with E-state index in [9.17, 15) is 13.2 Å². The number of anilines is 1. The second-order valence-electron chi connectivity index (χ2n) is 5.44. The summed E-state index contributed by atoms with van der Waals surface area (Å²) < 4.78 is 27.0. The van der Waals surface area contributed by atoms with E-state index < -0.39 is 10.0 Å². The Kier molecular flexibility index (Phi) is 7.32. The molecule has 0 saturated carbocycles. The summed E-state index contributed by atoms with van der Waals surface area (Å²) in [4.78, 5) is 12.0. The Morgan fingerprint density at radius 2 is 1.81 bits per heavy atom. The van der Waals surface area contributed by atoms with Crippen molar-refractivity contribution in [2.24, 2.45) is 0 Å². The van der Waals surface area contributed by atoms with Crippen LogP contribution in [0.15, 0.2) is 71.7 Å². The molecule has 0 aliphatic heterocycles. The number of sulfonamides is 1. The van der Waals surface area contributed by atoms with Gasteiger partial charge in [-0.2, -0.15) is 0 Å². The standard InChI is InChI=1S/C19H19BrN2O3S/c1-2-13-21-26(24,25)14-15-7-10-17(11-8-15)22-19(23)12-9-16-5-3-4-6-18(16)20/h2-12,21H,1,13-14H2,(H,22,23)/b12-9+. The van der Waals surface area contributed by atoms with Gasteiger partial charge in [-0.25, -0.2) is 13.1 Å². The molecule has 0 spiro atoms. The van der Waals surface area contributed by atoms with Crippen LogP contribution in [0.2, 0.25) is 0 Å². The summed E-state index contributed by atoms with van der Waals surface area (Å²) in [6.45, 7) is 3.67. The quantitative estimate of drug-likeness (QED) is 0.491. The first-order chi connectivity index (χ1) is 12.4. The molecule has 0 fully saturated rings. The van der Waals surface area contributed by atoms with Gasteiger partial charge in [-0.1, -0.05) is 52.3 Å². The SMILES string of the molecule is C=CCNS(=O)(=O)Cc1ccc(NC(=O)/C=C/c2ccccc2Br)cc1. The van der Waals surface area contributed by atoms with Crippen molar-refractivity contribution in [2.75, 3.05) is 11.9 Å². The van der Waals surface area contributed by atoms with Gasteiger partial charge in [0.2, 0.25) is 15.9 Å². The fraction of sp³-hybridized carbons (Fsp3) is 0.105. The first-order valence-electron chi connectivity index (χ1n) is 7.80. The van der Waals surface area contributed by atoms with Crippen LogP contribution < -0.4 is 10.0 Å². The maximum absolute atomic E-state index is 12.0. The molecule has 2 rings (SSSR count). The van der Waals surface area contributed by atoms with Crippen molar-refractivity contribution in [3.8, 4) is 0 Å². The van der Waals surface area contributed by atoms with Crippen LogP contribution in [-0.4, -0.2) is 20.9 Å². The highest BCUT2D eigenvalue weighted by Crippen LogP contribution is 2.17. The van der Waals surface area contributed by atoms with E-state index in [1.807, 2.05) is 24.3 Å². The third-order valence-corrected chi connectivity index (χ3v) is 5.39. The average molecular weight is 435 g/mol. The smallest absolute Gasteiger partial charge is 0.248 e. The van der Waals surface area contributed by atoms with E-state index in [0.29, 0.717) is 11.3 Å². The predicted octanol–water partition coefficient (Wildman–Crippen LogP) is 3.71. The molecule has 26 heavy (non-hydrogen) atoms. The molecule has 0 bridgehead atoms. The molecule has 0 atom stereocenters. The van der Waals surface area contributed by atoms with Crippen molar-refractivity contribution in [1.82, 2.24) is 4.72 Å². The van der Waals surface area contributed by atoms with Crippen molar-refractivity contribution in [1.29, 1.82) is 0 Å². The number of halogens is 1. The van der Waals surface area contributed by atoms with Gasteiger partial charge >= 0.3 is 0 Å². The predicted molar refractivity (Wildman–Crippen MR) is 109 cm³/mol. The largest absolute Gasteiger partial charge is 0.323 e. The maximum atomic E-state index is 12.0. The van der Waals surface area contributed by atoms with E-state index in [0.717, 1.165) is 10.0 Å². The minimum Gasteiger partial charge on any atom is -0.323 e. The summed E-state index contributed by atoms with van der Waals surface area (Å²) >= 11 is 3.42. The van der Waals surface area contributed by atoms with Crippen LogP contribution in [0.3, 0.4) is 0 Å². The molecule has 5 nitrogen and oxygen atoms in total. The van der Waals surface area contributed by atoms with Crippen LogP contribution in [0.5, 0.6) is 0 Å². The lowest BCUT2D eigenvalue weighted by atomic mass is 10.2. The summed E-state index contributed by atoms with van der Waals surface area (Å²) in [6.07, 6.45) is 4.64. The third kappa shape index (κ3) is 6.59.